The predicted octanol–water partition coefficient (Wildman–Crippen LogP) is 3.90. The Kier molecular flexibility index (Phi) is 5.33. The molecular weight excluding hydrogens is 344 g/mol. The third kappa shape index (κ3) is 3.95. The molecule has 0 heterocycles. The quantitative estimate of drug-likeness (QED) is 0.815. The van der Waals surface area contributed by atoms with Gasteiger partial charge in [-0.2, -0.15) is 0 Å². The number of benzene rings is 2. The molecule has 5 heteroatoms. The number of hydrogen-bond acceptors (Lipinski definition) is 2. The Morgan fingerprint density at radius 1 is 1.05 bits per heavy atom. The van der Waals surface area contributed by atoms with Crippen LogP contribution in [0.2, 0.25) is 0 Å². The summed E-state index contributed by atoms with van der Waals surface area (Å²) in [6.07, 6.45) is 0.782. The van der Waals surface area contributed by atoms with Gasteiger partial charge in [0.05, 0.1) is 0 Å². The molecule has 0 aromatic heterocycles. The zero-order chi connectivity index (χ0) is 16.1. The summed E-state index contributed by atoms with van der Waals surface area (Å²) in [5, 5.41) is 5.28. The number of anilines is 2. The lowest BCUT2D eigenvalue weighted by Crippen LogP contribution is -2.29. The summed E-state index contributed by atoms with van der Waals surface area (Å²) in [5.41, 5.74) is 3.21. The first-order valence-electron chi connectivity index (χ1n) is 6.97. The molecule has 0 aliphatic rings. The van der Waals surface area contributed by atoms with Gasteiger partial charge >= 0.3 is 11.8 Å². The van der Waals surface area contributed by atoms with Crippen LogP contribution < -0.4 is 10.6 Å². The van der Waals surface area contributed by atoms with Crippen molar-refractivity contribution in [1.82, 2.24) is 0 Å². The van der Waals surface area contributed by atoms with Crippen LogP contribution in [0.15, 0.2) is 46.9 Å². The molecule has 0 spiro atoms. The molecule has 114 valence electrons. The van der Waals surface area contributed by atoms with E-state index in [9.17, 15) is 9.59 Å². The van der Waals surface area contributed by atoms with Gasteiger partial charge in [0.1, 0.15) is 0 Å². The van der Waals surface area contributed by atoms with E-state index in [-0.39, 0.29) is 0 Å². The zero-order valence-electron chi connectivity index (χ0n) is 12.4. The van der Waals surface area contributed by atoms with E-state index >= 15 is 0 Å². The van der Waals surface area contributed by atoms with Gasteiger partial charge in [0.15, 0.2) is 0 Å². The molecule has 0 saturated carbocycles. The van der Waals surface area contributed by atoms with Crippen LogP contribution in [-0.2, 0) is 16.0 Å². The van der Waals surface area contributed by atoms with E-state index in [1.165, 1.54) is 0 Å². The normalized spacial score (nSPS) is 10.1. The number of halogens is 1. The molecule has 0 radical (unpaired) electrons. The summed E-state index contributed by atoms with van der Waals surface area (Å²) in [6.45, 7) is 3.91. The summed E-state index contributed by atoms with van der Waals surface area (Å²) in [4.78, 5) is 24.1. The first-order valence-corrected chi connectivity index (χ1v) is 7.77. The Bertz CT molecular complexity index is 714. The Morgan fingerprint density at radius 3 is 2.41 bits per heavy atom. The van der Waals surface area contributed by atoms with Gasteiger partial charge in [-0.25, -0.2) is 0 Å². The van der Waals surface area contributed by atoms with Gasteiger partial charge in [-0.05, 0) is 42.7 Å². The molecule has 0 fully saturated rings. The Labute approximate surface area is 138 Å². The van der Waals surface area contributed by atoms with Gasteiger partial charge in [-0.1, -0.05) is 47.1 Å². The third-order valence-electron chi connectivity index (χ3n) is 3.27. The van der Waals surface area contributed by atoms with E-state index in [1.807, 2.05) is 38.1 Å². The number of hydrogen-bond donors (Lipinski definition) is 2. The molecule has 2 rings (SSSR count). The van der Waals surface area contributed by atoms with Crippen LogP contribution in [0.5, 0.6) is 0 Å². The van der Waals surface area contributed by atoms with Crippen LogP contribution in [0, 0.1) is 6.92 Å². The van der Waals surface area contributed by atoms with Crippen molar-refractivity contribution in [3.05, 3.63) is 58.1 Å². The molecule has 0 aliphatic carbocycles. The first kappa shape index (κ1) is 16.2. The third-order valence-corrected chi connectivity index (χ3v) is 3.76. The summed E-state index contributed by atoms with van der Waals surface area (Å²) in [6, 6.07) is 12.9. The largest absolute Gasteiger partial charge is 0.318 e. The zero-order valence-corrected chi connectivity index (χ0v) is 14.0. The molecule has 0 aliphatic heterocycles. The van der Waals surface area contributed by atoms with E-state index < -0.39 is 11.8 Å². The molecular formula is C17H17BrN2O2. The number of carbonyl (C=O) groups excluding carboxylic acids is 2. The summed E-state index contributed by atoms with van der Waals surface area (Å²) in [7, 11) is 0. The molecule has 2 aromatic rings. The van der Waals surface area contributed by atoms with Crippen LogP contribution in [-0.4, -0.2) is 11.8 Å². The second-order valence-electron chi connectivity index (χ2n) is 4.88. The van der Waals surface area contributed by atoms with Crippen LogP contribution in [0.3, 0.4) is 0 Å². The smallest absolute Gasteiger partial charge is 0.314 e. The molecule has 0 unspecified atom stereocenters. The molecule has 22 heavy (non-hydrogen) atoms. The van der Waals surface area contributed by atoms with Gasteiger partial charge in [0.2, 0.25) is 0 Å². The minimum Gasteiger partial charge on any atom is -0.318 e. The lowest BCUT2D eigenvalue weighted by atomic mass is 10.1. The molecule has 2 amide bonds. The fraction of sp³-hybridized carbons (Fsp3) is 0.176. The number of aryl methyl sites for hydroxylation is 2. The highest BCUT2D eigenvalue weighted by Crippen LogP contribution is 2.21. The molecule has 0 saturated heterocycles. The summed E-state index contributed by atoms with van der Waals surface area (Å²) < 4.78 is 0.831. The van der Waals surface area contributed by atoms with Gasteiger partial charge in [0, 0.05) is 15.8 Å². The fourth-order valence-electron chi connectivity index (χ4n) is 2.13. The number of rotatable bonds is 3. The average Bonchev–Trinajstić information content (AvgIpc) is 2.49. The van der Waals surface area contributed by atoms with Crippen molar-refractivity contribution >= 4 is 39.1 Å². The number of amides is 2. The summed E-state index contributed by atoms with van der Waals surface area (Å²) in [5.74, 6) is -1.37. The molecule has 2 aromatic carbocycles. The maximum atomic E-state index is 12.1. The number of nitrogens with one attached hydrogen (secondary N) is 2. The Hall–Kier alpha value is -2.14. The summed E-state index contributed by atoms with van der Waals surface area (Å²) >= 11 is 3.32. The van der Waals surface area contributed by atoms with Gasteiger partial charge in [-0.15, -0.1) is 0 Å². The predicted molar refractivity (Wildman–Crippen MR) is 92.0 cm³/mol. The van der Waals surface area contributed by atoms with Crippen LogP contribution in [0.25, 0.3) is 0 Å². The van der Waals surface area contributed by atoms with Crippen molar-refractivity contribution in [1.29, 1.82) is 0 Å². The Balaban J connectivity index is 2.11. The number of para-hydroxylation sites is 1. The van der Waals surface area contributed by atoms with Crippen LogP contribution in [0.1, 0.15) is 18.1 Å². The standard InChI is InChI=1S/C17H17BrN2O2/c1-3-12-7-4-6-11(2)15(12)20-17(22)16(21)19-14-9-5-8-13(18)10-14/h4-10H,3H2,1-2H3,(H,19,21)(H,20,22). The van der Waals surface area contributed by atoms with E-state index in [0.29, 0.717) is 11.4 Å². The second kappa shape index (κ2) is 7.22. The Morgan fingerprint density at radius 2 is 1.73 bits per heavy atom. The highest BCUT2D eigenvalue weighted by Gasteiger charge is 2.16. The molecule has 4 nitrogen and oxygen atoms in total. The topological polar surface area (TPSA) is 58.2 Å². The lowest BCUT2D eigenvalue weighted by Gasteiger charge is -2.13. The minimum absolute atomic E-state index is 0.565. The van der Waals surface area contributed by atoms with E-state index in [4.69, 9.17) is 0 Å². The molecule has 0 bridgehead atoms. The van der Waals surface area contributed by atoms with Crippen molar-refractivity contribution in [2.45, 2.75) is 20.3 Å². The van der Waals surface area contributed by atoms with Crippen molar-refractivity contribution in [2.75, 3.05) is 10.6 Å². The first-order chi connectivity index (χ1) is 10.5. The fourth-order valence-corrected chi connectivity index (χ4v) is 2.53. The maximum absolute atomic E-state index is 12.1. The molecule has 2 N–H and O–H groups in total. The SMILES string of the molecule is CCc1cccc(C)c1NC(=O)C(=O)Nc1cccc(Br)c1. The van der Waals surface area contributed by atoms with Crippen molar-refractivity contribution < 1.29 is 9.59 Å². The van der Waals surface area contributed by atoms with E-state index in [0.717, 1.165) is 22.0 Å². The maximum Gasteiger partial charge on any atom is 0.314 e. The minimum atomic E-state index is -0.691. The highest BCUT2D eigenvalue weighted by molar-refractivity contribution is 9.10. The number of carbonyl (C=O) groups is 2. The van der Waals surface area contributed by atoms with E-state index in [1.54, 1.807) is 18.2 Å². The second-order valence-corrected chi connectivity index (χ2v) is 5.80. The highest BCUT2D eigenvalue weighted by atomic mass is 79.9. The van der Waals surface area contributed by atoms with Crippen molar-refractivity contribution in [3.63, 3.8) is 0 Å². The van der Waals surface area contributed by atoms with Crippen LogP contribution >= 0.6 is 15.9 Å². The van der Waals surface area contributed by atoms with Gasteiger partial charge in [0.25, 0.3) is 0 Å². The van der Waals surface area contributed by atoms with Crippen LogP contribution in [0.4, 0.5) is 11.4 Å². The van der Waals surface area contributed by atoms with Crippen molar-refractivity contribution in [2.24, 2.45) is 0 Å². The van der Waals surface area contributed by atoms with E-state index in [2.05, 4.69) is 26.6 Å². The monoisotopic (exact) mass is 360 g/mol. The average molecular weight is 361 g/mol. The van der Waals surface area contributed by atoms with Gasteiger partial charge < -0.3 is 10.6 Å². The molecule has 0 atom stereocenters. The lowest BCUT2D eigenvalue weighted by molar-refractivity contribution is -0.133. The van der Waals surface area contributed by atoms with Crippen molar-refractivity contribution in [3.8, 4) is 0 Å². The van der Waals surface area contributed by atoms with Gasteiger partial charge in [-0.3, -0.25) is 9.59 Å².